The Morgan fingerprint density at radius 2 is 1.74 bits per heavy atom. The summed E-state index contributed by atoms with van der Waals surface area (Å²) in [6, 6.07) is 12.8. The van der Waals surface area contributed by atoms with E-state index in [9.17, 15) is 22.8 Å². The summed E-state index contributed by atoms with van der Waals surface area (Å²) < 4.78 is 46.2. The maximum atomic E-state index is 13.5. The number of hydrogen-bond donors (Lipinski definition) is 1. The number of ether oxygens (including phenoxy) is 1. The molecule has 0 unspecified atom stereocenters. The third-order valence-corrected chi connectivity index (χ3v) is 6.38. The van der Waals surface area contributed by atoms with E-state index in [-0.39, 0.29) is 43.0 Å². The highest BCUT2D eigenvalue weighted by Crippen LogP contribution is 2.24. The minimum atomic E-state index is -4.80. The normalized spacial score (nSPS) is 11.8. The molecular weight excluding hydrogens is 525 g/mol. The van der Waals surface area contributed by atoms with E-state index >= 15 is 0 Å². The van der Waals surface area contributed by atoms with Gasteiger partial charge in [0.25, 0.3) is 5.56 Å². The molecule has 0 amide bonds. The third-order valence-electron chi connectivity index (χ3n) is 6.12. The second-order valence-electron chi connectivity index (χ2n) is 8.84. The first kappa shape index (κ1) is 27.5. The Balaban J connectivity index is 1.76. The van der Waals surface area contributed by atoms with Crippen LogP contribution in [0, 0.1) is 0 Å². The Morgan fingerprint density at radius 1 is 1.00 bits per heavy atom. The number of hydrogen-bond acceptors (Lipinski definition) is 5. The van der Waals surface area contributed by atoms with Gasteiger partial charge >= 0.3 is 12.1 Å². The molecule has 0 aliphatic carbocycles. The fourth-order valence-electron chi connectivity index (χ4n) is 4.28. The number of nitrogens with zero attached hydrogens (tertiary/aromatic N) is 4. The van der Waals surface area contributed by atoms with Gasteiger partial charge in [0.05, 0.1) is 0 Å². The lowest BCUT2D eigenvalue weighted by Gasteiger charge is -2.12. The zero-order valence-electron chi connectivity index (χ0n) is 20.5. The van der Waals surface area contributed by atoms with E-state index in [0.29, 0.717) is 35.7 Å². The molecule has 2 aromatic heterocycles. The van der Waals surface area contributed by atoms with Crippen LogP contribution in [0.5, 0.6) is 5.75 Å². The number of benzene rings is 2. The van der Waals surface area contributed by atoms with Gasteiger partial charge in [0.2, 0.25) is 0 Å². The highest BCUT2D eigenvalue weighted by Gasteiger charge is 2.31. The Morgan fingerprint density at radius 3 is 2.42 bits per heavy atom. The van der Waals surface area contributed by atoms with Crippen LogP contribution >= 0.6 is 11.6 Å². The van der Waals surface area contributed by atoms with Gasteiger partial charge in [0, 0.05) is 38.2 Å². The van der Waals surface area contributed by atoms with Crippen LogP contribution in [0.2, 0.25) is 5.02 Å². The fourth-order valence-corrected chi connectivity index (χ4v) is 4.41. The van der Waals surface area contributed by atoms with Crippen LogP contribution in [-0.2, 0) is 33.0 Å². The minimum absolute atomic E-state index is 0.0504. The molecular formula is C26H26ClF3N4O4. The van der Waals surface area contributed by atoms with Gasteiger partial charge in [0.15, 0.2) is 11.2 Å². The predicted molar refractivity (Wildman–Crippen MR) is 137 cm³/mol. The van der Waals surface area contributed by atoms with Gasteiger partial charge in [-0.3, -0.25) is 13.9 Å². The number of aromatic nitrogens is 4. The first-order chi connectivity index (χ1) is 18.1. The fraction of sp³-hybridized carbons (Fsp3) is 0.346. The monoisotopic (exact) mass is 550 g/mol. The van der Waals surface area contributed by atoms with Crippen molar-refractivity contribution < 1.29 is 23.0 Å². The maximum absolute atomic E-state index is 13.5. The lowest BCUT2D eigenvalue weighted by atomic mass is 10.1. The van der Waals surface area contributed by atoms with Gasteiger partial charge in [-0.05, 0) is 54.7 Å². The number of rotatable bonds is 10. The molecule has 0 saturated heterocycles. The first-order valence-corrected chi connectivity index (χ1v) is 12.3. The van der Waals surface area contributed by atoms with Gasteiger partial charge in [-0.2, -0.15) is 0 Å². The number of halogens is 4. The summed E-state index contributed by atoms with van der Waals surface area (Å²) in [5, 5.41) is 9.66. The summed E-state index contributed by atoms with van der Waals surface area (Å²) in [5.74, 6) is 0.176. The van der Waals surface area contributed by atoms with E-state index in [4.69, 9.17) is 16.7 Å². The van der Waals surface area contributed by atoms with Crippen LogP contribution in [0.1, 0.15) is 29.8 Å². The van der Waals surface area contributed by atoms with Crippen molar-refractivity contribution >= 4 is 22.8 Å². The minimum Gasteiger partial charge on any atom is -0.406 e. The van der Waals surface area contributed by atoms with Crippen LogP contribution in [-0.4, -0.2) is 36.8 Å². The molecule has 0 radical (unpaired) electrons. The molecule has 0 saturated carbocycles. The van der Waals surface area contributed by atoms with Crippen molar-refractivity contribution in [1.29, 1.82) is 0 Å². The van der Waals surface area contributed by atoms with Gasteiger partial charge in [-0.15, -0.1) is 13.2 Å². The highest BCUT2D eigenvalue weighted by atomic mass is 35.5. The zero-order valence-corrected chi connectivity index (χ0v) is 21.3. The second-order valence-corrected chi connectivity index (χ2v) is 9.27. The van der Waals surface area contributed by atoms with Crippen molar-refractivity contribution in [1.82, 2.24) is 18.7 Å². The van der Waals surface area contributed by atoms with E-state index in [2.05, 4.69) is 9.72 Å². The predicted octanol–water partition coefficient (Wildman–Crippen LogP) is 4.05. The van der Waals surface area contributed by atoms with E-state index in [1.165, 1.54) is 29.8 Å². The number of aliphatic hydroxyl groups is 1. The van der Waals surface area contributed by atoms with Crippen molar-refractivity contribution in [3.05, 3.63) is 91.3 Å². The zero-order chi connectivity index (χ0) is 27.4. The number of fused-ring (bicyclic) bond motifs is 1. The standard InChI is InChI=1S/C26H26ClF3N4O4/c1-32-23-22(24(36)33(25(32)37)13-2-3-14-35)34(16-18-7-10-19(27)11-8-18)21(31-23)12-9-17-5-4-6-20(15-17)38-26(28,29)30/h4-8,10-11,15,35H,2-3,9,12-14,16H2,1H3. The van der Waals surface area contributed by atoms with Crippen LogP contribution in [0.15, 0.2) is 58.1 Å². The van der Waals surface area contributed by atoms with Crippen molar-refractivity contribution in [3.63, 3.8) is 0 Å². The Bertz CT molecular complexity index is 1540. The van der Waals surface area contributed by atoms with E-state index < -0.39 is 17.6 Å². The molecule has 0 bridgehead atoms. The van der Waals surface area contributed by atoms with Crippen LogP contribution in [0.3, 0.4) is 0 Å². The number of unbranched alkanes of at least 4 members (excludes halogenated alkanes) is 1. The molecule has 12 heteroatoms. The molecule has 0 spiro atoms. The van der Waals surface area contributed by atoms with Crippen molar-refractivity contribution in [2.45, 2.75) is 45.1 Å². The molecule has 0 fully saturated rings. The number of aliphatic hydroxyl groups excluding tert-OH is 1. The molecule has 4 rings (SSSR count). The summed E-state index contributed by atoms with van der Waals surface area (Å²) in [6.45, 7) is 0.366. The van der Waals surface area contributed by atoms with E-state index in [0.717, 1.165) is 10.1 Å². The van der Waals surface area contributed by atoms with Crippen molar-refractivity contribution in [2.75, 3.05) is 6.61 Å². The summed E-state index contributed by atoms with van der Waals surface area (Å²) >= 11 is 6.03. The maximum Gasteiger partial charge on any atom is 0.573 e. The van der Waals surface area contributed by atoms with E-state index in [1.54, 1.807) is 22.8 Å². The molecule has 4 aromatic rings. The highest BCUT2D eigenvalue weighted by molar-refractivity contribution is 6.30. The molecule has 8 nitrogen and oxygen atoms in total. The average molecular weight is 551 g/mol. The van der Waals surface area contributed by atoms with Crippen LogP contribution < -0.4 is 16.0 Å². The number of alkyl halides is 3. The molecule has 0 atom stereocenters. The third kappa shape index (κ3) is 6.28. The molecule has 202 valence electrons. The van der Waals surface area contributed by atoms with Crippen LogP contribution in [0.4, 0.5) is 13.2 Å². The van der Waals surface area contributed by atoms with Crippen molar-refractivity contribution in [3.8, 4) is 5.75 Å². The topological polar surface area (TPSA) is 91.3 Å². The quantitative estimate of drug-likeness (QED) is 0.301. The first-order valence-electron chi connectivity index (χ1n) is 12.0. The SMILES string of the molecule is Cn1c(=O)n(CCCCO)c(=O)c2c1nc(CCc1cccc(OC(F)(F)F)c1)n2Cc1ccc(Cl)cc1. The second kappa shape index (κ2) is 11.4. The molecule has 1 N–H and O–H groups in total. The Labute approximate surface area is 220 Å². The summed E-state index contributed by atoms with van der Waals surface area (Å²) in [7, 11) is 1.54. The van der Waals surface area contributed by atoms with Gasteiger partial charge in [-0.1, -0.05) is 35.9 Å². The Hall–Kier alpha value is -3.57. The molecule has 2 heterocycles. The van der Waals surface area contributed by atoms with Gasteiger partial charge in [-0.25, -0.2) is 9.78 Å². The summed E-state index contributed by atoms with van der Waals surface area (Å²) in [6.07, 6.45) is -3.30. The van der Waals surface area contributed by atoms with Crippen molar-refractivity contribution in [2.24, 2.45) is 7.05 Å². The molecule has 38 heavy (non-hydrogen) atoms. The largest absolute Gasteiger partial charge is 0.573 e. The van der Waals surface area contributed by atoms with E-state index in [1.807, 2.05) is 12.1 Å². The Kier molecular flexibility index (Phi) is 8.27. The lowest BCUT2D eigenvalue weighted by Crippen LogP contribution is -2.39. The molecule has 0 aliphatic rings. The van der Waals surface area contributed by atoms with Gasteiger partial charge in [0.1, 0.15) is 11.6 Å². The molecule has 2 aromatic carbocycles. The molecule has 0 aliphatic heterocycles. The van der Waals surface area contributed by atoms with Crippen LogP contribution in [0.25, 0.3) is 11.2 Å². The summed E-state index contributed by atoms with van der Waals surface area (Å²) in [4.78, 5) is 31.1. The smallest absolute Gasteiger partial charge is 0.406 e. The summed E-state index contributed by atoms with van der Waals surface area (Å²) in [5.41, 5.74) is 0.893. The number of imidazole rings is 1. The lowest BCUT2D eigenvalue weighted by molar-refractivity contribution is -0.274. The van der Waals surface area contributed by atoms with Gasteiger partial charge < -0.3 is 14.4 Å². The number of aryl methyl sites for hydroxylation is 3. The average Bonchev–Trinajstić information content (AvgIpc) is 3.22.